The monoisotopic (exact) mass is 333 g/mol. The van der Waals surface area contributed by atoms with E-state index < -0.39 is 0 Å². The Labute approximate surface area is 131 Å². The highest BCUT2D eigenvalue weighted by molar-refractivity contribution is 8.77. The molecule has 0 saturated carbocycles. The number of amides is 1. The number of nitrogens with one attached hydrogen (secondary N) is 1. The average Bonchev–Trinajstić information content (AvgIpc) is 3.07. The Morgan fingerprint density at radius 3 is 3.10 bits per heavy atom. The maximum absolute atomic E-state index is 11.8. The van der Waals surface area contributed by atoms with Crippen molar-refractivity contribution in [3.05, 3.63) is 5.01 Å². The highest BCUT2D eigenvalue weighted by Gasteiger charge is 2.16. The Hall–Kier alpha value is -0.310. The van der Waals surface area contributed by atoms with Gasteiger partial charge in [-0.1, -0.05) is 39.3 Å². The van der Waals surface area contributed by atoms with Gasteiger partial charge in [-0.3, -0.25) is 4.79 Å². The number of methoxy groups -OCH3 is 1. The van der Waals surface area contributed by atoms with Crippen LogP contribution in [-0.4, -0.2) is 34.2 Å². The number of anilines is 1. The van der Waals surface area contributed by atoms with E-state index in [1.807, 2.05) is 21.6 Å². The fraction of sp³-hybridized carbons (Fsp3) is 0.750. The third-order valence-corrected chi connectivity index (χ3v) is 6.71. The molecule has 0 aliphatic carbocycles. The molecule has 1 aromatic heterocycles. The second-order valence-corrected chi connectivity index (χ2v) is 8.41. The van der Waals surface area contributed by atoms with Gasteiger partial charge in [0, 0.05) is 24.5 Å². The van der Waals surface area contributed by atoms with Crippen LogP contribution in [0, 0.1) is 0 Å². The van der Waals surface area contributed by atoms with E-state index in [0.29, 0.717) is 18.2 Å². The van der Waals surface area contributed by atoms with Crippen molar-refractivity contribution in [2.24, 2.45) is 0 Å². The molecule has 8 heteroatoms. The smallest absolute Gasteiger partial charge is 0.226 e. The van der Waals surface area contributed by atoms with Crippen LogP contribution in [0.15, 0.2) is 0 Å². The van der Waals surface area contributed by atoms with E-state index in [-0.39, 0.29) is 5.91 Å². The Morgan fingerprint density at radius 2 is 2.35 bits per heavy atom. The van der Waals surface area contributed by atoms with E-state index in [1.54, 1.807) is 7.11 Å². The van der Waals surface area contributed by atoms with Gasteiger partial charge < -0.3 is 10.1 Å². The number of ether oxygens (including phenoxy) is 1. The zero-order valence-corrected chi connectivity index (χ0v) is 13.9. The summed E-state index contributed by atoms with van der Waals surface area (Å²) in [6.07, 6.45) is 5.16. The van der Waals surface area contributed by atoms with E-state index in [1.165, 1.54) is 29.9 Å². The van der Waals surface area contributed by atoms with Crippen LogP contribution in [0.4, 0.5) is 5.13 Å². The molecule has 5 nitrogen and oxygen atoms in total. The number of carbonyl (C=O) groups excluding carboxylic acids is 1. The quantitative estimate of drug-likeness (QED) is 0.581. The van der Waals surface area contributed by atoms with Crippen LogP contribution in [0.1, 0.15) is 37.1 Å². The van der Waals surface area contributed by atoms with Gasteiger partial charge >= 0.3 is 0 Å². The zero-order chi connectivity index (χ0) is 14.2. The number of hydrogen-bond acceptors (Lipinski definition) is 7. The lowest BCUT2D eigenvalue weighted by Crippen LogP contribution is -2.11. The number of unbranched alkanes of at least 4 members (excludes halogenated alkanes) is 1. The lowest BCUT2D eigenvalue weighted by Gasteiger charge is -2.06. The molecule has 1 saturated heterocycles. The van der Waals surface area contributed by atoms with Gasteiger partial charge in [-0.2, -0.15) is 0 Å². The molecule has 112 valence electrons. The minimum absolute atomic E-state index is 0.0265. The normalized spacial score (nSPS) is 18.4. The van der Waals surface area contributed by atoms with E-state index in [4.69, 9.17) is 4.74 Å². The van der Waals surface area contributed by atoms with Crippen LogP contribution in [0.25, 0.3) is 0 Å². The number of aromatic nitrogens is 2. The van der Waals surface area contributed by atoms with Crippen LogP contribution in [0.3, 0.4) is 0 Å². The average molecular weight is 334 g/mol. The van der Waals surface area contributed by atoms with Crippen LogP contribution < -0.4 is 5.32 Å². The van der Waals surface area contributed by atoms with Gasteiger partial charge in [0.25, 0.3) is 0 Å². The van der Waals surface area contributed by atoms with E-state index in [2.05, 4.69) is 15.5 Å². The molecule has 1 aromatic rings. The zero-order valence-electron chi connectivity index (χ0n) is 11.5. The van der Waals surface area contributed by atoms with Gasteiger partial charge in [-0.15, -0.1) is 10.2 Å². The first-order valence-corrected chi connectivity index (χ1v) is 9.87. The summed E-state index contributed by atoms with van der Waals surface area (Å²) in [6.45, 7) is 0.435. The number of nitrogens with zero attached hydrogens (tertiary/aromatic N) is 2. The van der Waals surface area contributed by atoms with Crippen molar-refractivity contribution >= 4 is 44.0 Å². The lowest BCUT2D eigenvalue weighted by molar-refractivity contribution is -0.116. The topological polar surface area (TPSA) is 64.1 Å². The summed E-state index contributed by atoms with van der Waals surface area (Å²) < 4.78 is 4.97. The van der Waals surface area contributed by atoms with Crippen molar-refractivity contribution in [2.45, 2.75) is 44.0 Å². The minimum atomic E-state index is 0.0265. The van der Waals surface area contributed by atoms with Crippen LogP contribution in [0.2, 0.25) is 0 Å². The predicted octanol–water partition coefficient (Wildman–Crippen LogP) is 3.34. The third kappa shape index (κ3) is 5.59. The number of hydrogen-bond donors (Lipinski definition) is 1. The van der Waals surface area contributed by atoms with E-state index >= 15 is 0 Å². The van der Waals surface area contributed by atoms with Crippen molar-refractivity contribution < 1.29 is 9.53 Å². The second kappa shape index (κ2) is 8.86. The molecule has 2 rings (SSSR count). The Morgan fingerprint density at radius 1 is 1.45 bits per heavy atom. The molecule has 2 heterocycles. The fourth-order valence-electron chi connectivity index (χ4n) is 1.89. The molecular formula is C12H19N3O2S3. The molecule has 1 aliphatic rings. The molecule has 0 bridgehead atoms. The van der Waals surface area contributed by atoms with Gasteiger partial charge in [0.1, 0.15) is 11.6 Å². The van der Waals surface area contributed by atoms with Gasteiger partial charge in [-0.25, -0.2) is 0 Å². The summed E-state index contributed by atoms with van der Waals surface area (Å²) in [5.74, 6) is 1.30. The first-order chi connectivity index (χ1) is 9.78. The molecule has 0 radical (unpaired) electrons. The summed E-state index contributed by atoms with van der Waals surface area (Å²) in [5.41, 5.74) is 0. The van der Waals surface area contributed by atoms with E-state index in [0.717, 1.165) is 23.1 Å². The SMILES string of the molecule is COCc1nnc(NC(=O)CCCCC2CCSS2)s1. The summed E-state index contributed by atoms with van der Waals surface area (Å²) in [6, 6.07) is 0. The van der Waals surface area contributed by atoms with Crippen molar-refractivity contribution in [1.82, 2.24) is 10.2 Å². The largest absolute Gasteiger partial charge is 0.377 e. The number of carbonyl (C=O) groups is 1. The molecular weight excluding hydrogens is 314 g/mol. The predicted molar refractivity (Wildman–Crippen MR) is 86.2 cm³/mol. The van der Waals surface area contributed by atoms with Crippen molar-refractivity contribution in [3.63, 3.8) is 0 Å². The van der Waals surface area contributed by atoms with Crippen molar-refractivity contribution in [2.75, 3.05) is 18.2 Å². The minimum Gasteiger partial charge on any atom is -0.377 e. The van der Waals surface area contributed by atoms with Gasteiger partial charge in [-0.05, 0) is 19.3 Å². The molecule has 0 spiro atoms. The second-order valence-electron chi connectivity index (χ2n) is 4.56. The van der Waals surface area contributed by atoms with Crippen molar-refractivity contribution in [3.8, 4) is 0 Å². The number of rotatable bonds is 8. The first kappa shape index (κ1) is 16.1. The first-order valence-electron chi connectivity index (χ1n) is 6.67. The highest BCUT2D eigenvalue weighted by Crippen LogP contribution is 2.39. The Kier molecular flexibility index (Phi) is 7.12. The summed E-state index contributed by atoms with van der Waals surface area (Å²) in [5, 5.41) is 12.8. The maximum atomic E-state index is 11.8. The molecule has 1 atom stereocenters. The molecule has 1 amide bonds. The van der Waals surface area contributed by atoms with Gasteiger partial charge in [0.05, 0.1) is 0 Å². The summed E-state index contributed by atoms with van der Waals surface area (Å²) in [4.78, 5) is 11.8. The molecule has 1 unspecified atom stereocenters. The molecule has 1 N–H and O–H groups in total. The Balaban J connectivity index is 1.59. The van der Waals surface area contributed by atoms with Gasteiger partial charge in [0.2, 0.25) is 11.0 Å². The molecule has 1 fully saturated rings. The standard InChI is InChI=1S/C12H19N3O2S3/c1-17-8-11-14-15-12(19-11)13-10(16)5-3-2-4-9-6-7-18-20-9/h9H,2-8H2,1H3,(H,13,15,16). The molecule has 1 aliphatic heterocycles. The summed E-state index contributed by atoms with van der Waals surface area (Å²) in [7, 11) is 5.58. The molecule has 0 aromatic carbocycles. The third-order valence-electron chi connectivity index (χ3n) is 2.89. The van der Waals surface area contributed by atoms with Crippen LogP contribution >= 0.6 is 32.9 Å². The fourth-order valence-corrected chi connectivity index (χ4v) is 5.65. The van der Waals surface area contributed by atoms with Crippen LogP contribution in [-0.2, 0) is 16.1 Å². The lowest BCUT2D eigenvalue weighted by atomic mass is 10.1. The summed E-state index contributed by atoms with van der Waals surface area (Å²) >= 11 is 1.36. The highest BCUT2D eigenvalue weighted by atomic mass is 33.1. The van der Waals surface area contributed by atoms with Crippen molar-refractivity contribution in [1.29, 1.82) is 0 Å². The van der Waals surface area contributed by atoms with Crippen LogP contribution in [0.5, 0.6) is 0 Å². The molecule has 20 heavy (non-hydrogen) atoms. The van der Waals surface area contributed by atoms with E-state index in [9.17, 15) is 4.79 Å². The van der Waals surface area contributed by atoms with Gasteiger partial charge in [0.15, 0.2) is 0 Å². The Bertz CT molecular complexity index is 422. The maximum Gasteiger partial charge on any atom is 0.226 e.